The van der Waals surface area contributed by atoms with Gasteiger partial charge in [-0.15, -0.1) is 0 Å². The van der Waals surface area contributed by atoms with Crippen LogP contribution in [0.4, 0.5) is 0 Å². The van der Waals surface area contributed by atoms with Crippen molar-refractivity contribution in [1.29, 1.82) is 0 Å². The van der Waals surface area contributed by atoms with Crippen molar-refractivity contribution in [3.8, 4) is 11.5 Å². The van der Waals surface area contributed by atoms with Gasteiger partial charge in [-0.05, 0) is 60.6 Å². The second-order valence-corrected chi connectivity index (χ2v) is 6.61. The summed E-state index contributed by atoms with van der Waals surface area (Å²) in [7, 11) is 3.15. The van der Waals surface area contributed by atoms with Gasteiger partial charge in [0.1, 0.15) is 0 Å². The Labute approximate surface area is 159 Å². The van der Waals surface area contributed by atoms with Crippen LogP contribution in [0.15, 0.2) is 36.4 Å². The van der Waals surface area contributed by atoms with Gasteiger partial charge in [0.25, 0.3) is 0 Å². The fourth-order valence-electron chi connectivity index (χ4n) is 3.33. The summed E-state index contributed by atoms with van der Waals surface area (Å²) in [6.07, 6.45) is 3.94. The number of Topliss-reactive ketones (excluding diaryl/α,β-unsaturated/α-hetero) is 1. The van der Waals surface area contributed by atoms with E-state index in [2.05, 4.69) is 0 Å². The highest BCUT2D eigenvalue weighted by Crippen LogP contribution is 2.28. The van der Waals surface area contributed by atoms with Crippen molar-refractivity contribution in [3.05, 3.63) is 58.7 Å². The van der Waals surface area contributed by atoms with Crippen molar-refractivity contribution < 1.29 is 23.8 Å². The molecule has 0 unspecified atom stereocenters. The zero-order valence-corrected chi connectivity index (χ0v) is 15.7. The lowest BCUT2D eigenvalue weighted by atomic mass is 10.0. The maximum atomic E-state index is 12.3. The maximum absolute atomic E-state index is 12.3. The lowest BCUT2D eigenvalue weighted by molar-refractivity contribution is -0.142. The van der Waals surface area contributed by atoms with Crippen molar-refractivity contribution in [3.63, 3.8) is 0 Å². The molecule has 0 spiro atoms. The standard InChI is InChI=1S/C22H24O5/c1-25-20-10-6-15(12-21(20)26-2)7-11-22(24)27-14-19(23)18-9-8-16-4-3-5-17(16)13-18/h6,8-10,12-13H,3-5,7,11,14H2,1-2H3. The molecule has 0 aromatic heterocycles. The van der Waals surface area contributed by atoms with Crippen molar-refractivity contribution in [2.75, 3.05) is 20.8 Å². The third kappa shape index (κ3) is 4.67. The molecule has 3 rings (SSSR count). The van der Waals surface area contributed by atoms with Gasteiger partial charge in [0.2, 0.25) is 0 Å². The second kappa shape index (κ2) is 8.71. The van der Waals surface area contributed by atoms with Gasteiger partial charge in [-0.2, -0.15) is 0 Å². The molecule has 142 valence electrons. The number of carbonyl (C=O) groups is 2. The number of hydrogen-bond acceptors (Lipinski definition) is 5. The van der Waals surface area contributed by atoms with Gasteiger partial charge in [0.15, 0.2) is 23.9 Å². The maximum Gasteiger partial charge on any atom is 0.306 e. The van der Waals surface area contributed by atoms with Crippen molar-refractivity contribution in [1.82, 2.24) is 0 Å². The zero-order valence-electron chi connectivity index (χ0n) is 15.7. The molecular formula is C22H24O5. The van der Waals surface area contributed by atoms with Gasteiger partial charge in [0.05, 0.1) is 14.2 Å². The average Bonchev–Trinajstić information content (AvgIpc) is 3.17. The quantitative estimate of drug-likeness (QED) is 0.527. The van der Waals surface area contributed by atoms with Crippen molar-refractivity contribution in [2.45, 2.75) is 32.1 Å². The van der Waals surface area contributed by atoms with E-state index in [0.717, 1.165) is 24.8 Å². The number of fused-ring (bicyclic) bond motifs is 1. The number of carbonyl (C=O) groups excluding carboxylic acids is 2. The summed E-state index contributed by atoms with van der Waals surface area (Å²) in [5.41, 5.74) is 4.11. The molecule has 0 saturated carbocycles. The Morgan fingerprint density at radius 3 is 2.48 bits per heavy atom. The number of ether oxygens (including phenoxy) is 3. The number of hydrogen-bond donors (Lipinski definition) is 0. The van der Waals surface area contributed by atoms with Gasteiger partial charge in [-0.25, -0.2) is 0 Å². The number of rotatable bonds is 8. The zero-order chi connectivity index (χ0) is 19.2. The minimum Gasteiger partial charge on any atom is -0.493 e. The molecule has 5 nitrogen and oxygen atoms in total. The molecule has 1 aliphatic carbocycles. The van der Waals surface area contributed by atoms with Crippen LogP contribution < -0.4 is 9.47 Å². The molecule has 1 aliphatic rings. The summed E-state index contributed by atoms with van der Waals surface area (Å²) in [6, 6.07) is 11.3. The Morgan fingerprint density at radius 2 is 1.70 bits per heavy atom. The number of esters is 1. The van der Waals surface area contributed by atoms with Crippen molar-refractivity contribution in [2.24, 2.45) is 0 Å². The Morgan fingerprint density at radius 1 is 0.926 bits per heavy atom. The Balaban J connectivity index is 1.49. The molecule has 0 saturated heterocycles. The molecule has 2 aromatic rings. The van der Waals surface area contributed by atoms with Crippen molar-refractivity contribution >= 4 is 11.8 Å². The van der Waals surface area contributed by atoms with Gasteiger partial charge in [-0.3, -0.25) is 9.59 Å². The van der Waals surface area contributed by atoms with Gasteiger partial charge >= 0.3 is 5.97 Å². The number of benzene rings is 2. The highest BCUT2D eigenvalue weighted by atomic mass is 16.5. The second-order valence-electron chi connectivity index (χ2n) is 6.61. The van der Waals surface area contributed by atoms with Crippen LogP contribution in [-0.2, 0) is 28.8 Å². The Bertz CT molecular complexity index is 841. The Kier molecular flexibility index (Phi) is 6.12. The SMILES string of the molecule is COc1ccc(CCC(=O)OCC(=O)c2ccc3c(c2)CCC3)cc1OC. The van der Waals surface area contributed by atoms with Crippen LogP contribution in [0, 0.1) is 0 Å². The minimum absolute atomic E-state index is 0.163. The van der Waals surface area contributed by atoms with E-state index in [1.165, 1.54) is 11.1 Å². The molecule has 0 fully saturated rings. The van der Waals surface area contributed by atoms with Crippen LogP contribution in [0.3, 0.4) is 0 Å². The monoisotopic (exact) mass is 368 g/mol. The molecule has 0 aliphatic heterocycles. The molecule has 2 aromatic carbocycles. The van der Waals surface area contributed by atoms with Crippen LogP contribution in [-0.4, -0.2) is 32.6 Å². The first-order valence-corrected chi connectivity index (χ1v) is 9.12. The van der Waals surface area contributed by atoms with Gasteiger partial charge in [-0.1, -0.05) is 18.2 Å². The smallest absolute Gasteiger partial charge is 0.306 e. The van der Waals surface area contributed by atoms with E-state index >= 15 is 0 Å². The van der Waals surface area contributed by atoms with Crippen LogP contribution in [0.5, 0.6) is 11.5 Å². The summed E-state index contributed by atoms with van der Waals surface area (Å²) in [5.74, 6) is 0.711. The summed E-state index contributed by atoms with van der Waals surface area (Å²) >= 11 is 0. The lowest BCUT2D eigenvalue weighted by Gasteiger charge is -2.09. The third-order valence-electron chi connectivity index (χ3n) is 4.85. The number of aryl methyl sites for hydroxylation is 3. The summed E-state index contributed by atoms with van der Waals surface area (Å²) in [4.78, 5) is 24.3. The summed E-state index contributed by atoms with van der Waals surface area (Å²) in [5, 5.41) is 0. The highest BCUT2D eigenvalue weighted by molar-refractivity contribution is 5.98. The molecule has 0 amide bonds. The fourth-order valence-corrected chi connectivity index (χ4v) is 3.33. The van der Waals surface area contributed by atoms with Crippen LogP contribution in [0.2, 0.25) is 0 Å². The normalized spacial score (nSPS) is 12.4. The first-order valence-electron chi connectivity index (χ1n) is 9.12. The van der Waals surface area contributed by atoms with Gasteiger partial charge < -0.3 is 14.2 Å². The van der Waals surface area contributed by atoms with E-state index in [0.29, 0.717) is 23.5 Å². The summed E-state index contributed by atoms with van der Waals surface area (Å²) < 4.78 is 15.6. The molecule has 5 heteroatoms. The summed E-state index contributed by atoms with van der Waals surface area (Å²) in [6.45, 7) is -0.219. The molecule has 0 atom stereocenters. The first-order chi connectivity index (χ1) is 13.1. The van der Waals surface area contributed by atoms with E-state index in [4.69, 9.17) is 14.2 Å². The molecule has 0 heterocycles. The fraction of sp³-hybridized carbons (Fsp3) is 0.364. The largest absolute Gasteiger partial charge is 0.493 e. The van der Waals surface area contributed by atoms with E-state index in [9.17, 15) is 9.59 Å². The Hall–Kier alpha value is -2.82. The van der Waals surface area contributed by atoms with E-state index in [-0.39, 0.29) is 24.8 Å². The molecule has 27 heavy (non-hydrogen) atoms. The molecule has 0 bridgehead atoms. The average molecular weight is 368 g/mol. The van der Waals surface area contributed by atoms with Crippen LogP contribution in [0.25, 0.3) is 0 Å². The molecular weight excluding hydrogens is 344 g/mol. The van der Waals surface area contributed by atoms with E-state index in [1.807, 2.05) is 30.3 Å². The minimum atomic E-state index is -0.390. The number of methoxy groups -OCH3 is 2. The van der Waals surface area contributed by atoms with E-state index < -0.39 is 0 Å². The van der Waals surface area contributed by atoms with Gasteiger partial charge in [0, 0.05) is 12.0 Å². The van der Waals surface area contributed by atoms with E-state index in [1.54, 1.807) is 20.3 Å². The predicted octanol–water partition coefficient (Wildman–Crippen LogP) is 3.55. The van der Waals surface area contributed by atoms with Crippen LogP contribution in [0.1, 0.15) is 39.9 Å². The highest BCUT2D eigenvalue weighted by Gasteiger charge is 2.15. The predicted molar refractivity (Wildman–Crippen MR) is 102 cm³/mol. The lowest BCUT2D eigenvalue weighted by Crippen LogP contribution is -2.14. The number of ketones is 1. The molecule has 0 radical (unpaired) electrons. The van der Waals surface area contributed by atoms with Crippen LogP contribution >= 0.6 is 0 Å². The third-order valence-corrected chi connectivity index (χ3v) is 4.85. The topological polar surface area (TPSA) is 61.8 Å². The molecule has 0 N–H and O–H groups in total. The first kappa shape index (κ1) is 19.0.